The number of carboxylic acids is 2. The average molecular weight is 1730 g/mol. The fraction of sp³-hybridized carbons (Fsp3) is 0.527. The zero-order chi connectivity index (χ0) is 89.1. The smallest absolute Gasteiger partial charge is 0.487 e. The summed E-state index contributed by atoms with van der Waals surface area (Å²) in [6.07, 6.45) is -0.435. The van der Waals surface area contributed by atoms with Crippen molar-refractivity contribution >= 4 is 92.6 Å². The molecule has 46 heteroatoms. The Morgan fingerprint density at radius 2 is 0.792 bits per heavy atom. The molecule has 10 amide bonds. The highest BCUT2D eigenvalue weighted by Crippen LogP contribution is 2.38. The molecule has 120 heavy (non-hydrogen) atoms. The van der Waals surface area contributed by atoms with Gasteiger partial charge in [0.25, 0.3) is 0 Å². The minimum Gasteiger partial charge on any atom is -0.487 e. The first kappa shape index (κ1) is 99.0. The summed E-state index contributed by atoms with van der Waals surface area (Å²) in [7, 11) is -8.73. The van der Waals surface area contributed by atoms with Crippen molar-refractivity contribution in [1.29, 1.82) is 0 Å². The van der Waals surface area contributed by atoms with Crippen molar-refractivity contribution in [3.63, 3.8) is 0 Å². The number of ether oxygens (including phenoxy) is 3. The number of carbonyl (C=O) groups is 13. The predicted molar refractivity (Wildman–Crippen MR) is 419 cm³/mol. The molecule has 2 aromatic heterocycles. The van der Waals surface area contributed by atoms with Gasteiger partial charge in [0, 0.05) is 57.7 Å². The van der Waals surface area contributed by atoms with E-state index in [-0.39, 0.29) is 105 Å². The molecule has 0 aliphatic carbocycles. The number of aliphatic hydroxyl groups excluding tert-OH is 2. The Balaban J connectivity index is 1.15. The zero-order valence-corrected chi connectivity index (χ0v) is 68.8. The van der Waals surface area contributed by atoms with E-state index in [0.717, 1.165) is 0 Å². The van der Waals surface area contributed by atoms with Crippen LogP contribution in [0.5, 0.6) is 23.0 Å². The lowest BCUT2D eigenvalue weighted by molar-refractivity contribution is -0.139. The number of aryl methyl sites for hydroxylation is 2. The first-order chi connectivity index (χ1) is 56.4. The van der Waals surface area contributed by atoms with Crippen LogP contribution in [-0.4, -0.2) is 215 Å². The standard InChI is InChI=1S/C74H106N16O28P2/c1-41(2)30-56(66(75)99)81-72(105)64(43(5)91)83-68(101)54(24-26-62(95)96)79-70(103)58(32-45-16-20-50(21-17-45)117-119(108,109)110)77-60(93)14-10-8-12-28-89-37-48(85-87-89)39-115-52-34-47(74(107)114-7)35-53(36-52)116-40-49-38-90(88-86-49)29-13-9-11-15-61(94)78-59(33-46-18-22-51(23-19-46)118-120(111,112)113)71(104)80-55(25-27-63(97)98)69(102)84-65(44(6)92)73(106)82-57(67(76)100)31-42(3)4/h16-23,34-38,41-44,54-59,64-65,91-92H,8-15,24-33,39-40H2,1-7H3,(H2,75,99)(H2,76,100)(H,77,93)(H,78,94)(H,79,103)(H,80,104)(H,81,105)(H,82,106)(H,83,101)(H,84,102)(H,95,96)(H,97,98)(H2,108,109,110)(H2,111,112,113)/t43-,44-,54+,55+,56+,57+,58+,59+,64+,65+/m1/s1. The SMILES string of the molecule is COC(=O)c1cc(OCc2cn(CCCCCC(=O)N[C@@H](Cc3ccc(OP(=O)(O)O)cc3)C(=O)N[C@@H](CCC(=O)O)C(=O)N[C@H](C(=O)N[C@@H](CC(C)C)C(N)=O)[C@@H](C)O)nn2)cc(OCc2cn(CCCCCC(=O)N[C@@H](Cc3ccc(OP(=O)(O)O)cc3)C(=O)N[C@@H](CCC(=O)O)C(=O)N[C@H](C(=O)N[C@@H](CC(C)C)C(N)=O)[C@@H](C)O)nn2)c1. The molecule has 660 valence electrons. The number of nitrogens with two attached hydrogens (primary N) is 2. The lowest BCUT2D eigenvalue weighted by Crippen LogP contribution is -2.60. The second-order valence-corrected chi connectivity index (χ2v) is 31.4. The summed E-state index contributed by atoms with van der Waals surface area (Å²) in [5.41, 5.74) is 12.5. The molecule has 0 saturated carbocycles. The minimum absolute atomic E-state index is 0.0752. The maximum Gasteiger partial charge on any atom is 0.524 e. The van der Waals surface area contributed by atoms with Crippen molar-refractivity contribution in [2.24, 2.45) is 23.3 Å². The van der Waals surface area contributed by atoms with Crippen LogP contribution in [0.2, 0.25) is 0 Å². The number of aliphatic hydroxyl groups is 2. The molecule has 20 N–H and O–H groups in total. The maximum atomic E-state index is 14.1. The van der Waals surface area contributed by atoms with Crippen LogP contribution < -0.4 is 72.5 Å². The van der Waals surface area contributed by atoms with Gasteiger partial charge in [-0.15, -0.1) is 10.2 Å². The fourth-order valence-corrected chi connectivity index (χ4v) is 12.5. The number of benzene rings is 3. The number of phosphoric acid groups is 2. The predicted octanol–water partition coefficient (Wildman–Crippen LogP) is -0.204. The van der Waals surface area contributed by atoms with Gasteiger partial charge in [0.05, 0.1) is 37.3 Å². The molecule has 10 atom stereocenters. The molecule has 0 unspecified atom stereocenters. The molecule has 0 saturated heterocycles. The van der Waals surface area contributed by atoms with Gasteiger partial charge in [-0.2, -0.15) is 0 Å². The van der Waals surface area contributed by atoms with E-state index < -0.39 is 179 Å². The molecule has 0 bridgehead atoms. The minimum atomic E-state index is -4.96. The first-order valence-electron chi connectivity index (χ1n) is 38.2. The molecule has 2 heterocycles. The number of aliphatic carboxylic acids is 2. The molecule has 0 fully saturated rings. The largest absolute Gasteiger partial charge is 0.524 e. The van der Waals surface area contributed by atoms with E-state index in [4.69, 9.17) is 25.7 Å². The van der Waals surface area contributed by atoms with Crippen molar-refractivity contribution in [1.82, 2.24) is 72.5 Å². The summed E-state index contributed by atoms with van der Waals surface area (Å²) in [6, 6.07) is 2.54. The summed E-state index contributed by atoms with van der Waals surface area (Å²) in [5, 5.41) is 76.4. The zero-order valence-electron chi connectivity index (χ0n) is 67.1. The molecule has 0 spiro atoms. The number of aromatic nitrogens is 6. The lowest BCUT2D eigenvalue weighted by atomic mass is 10.0. The number of hydrogen-bond acceptors (Lipinski definition) is 26. The van der Waals surface area contributed by atoms with Gasteiger partial charge in [0.1, 0.15) is 95.9 Å². The molecule has 3 aromatic carbocycles. The van der Waals surface area contributed by atoms with Crippen LogP contribution in [0.15, 0.2) is 79.1 Å². The van der Waals surface area contributed by atoms with E-state index in [1.807, 2.05) is 0 Å². The number of rotatable bonds is 55. The summed E-state index contributed by atoms with van der Waals surface area (Å²) in [6.45, 7) is 9.80. The number of hydrogen-bond donors (Lipinski definition) is 18. The Labute approximate surface area is 688 Å². The number of phosphoric ester groups is 2. The number of carboxylic acid groups (broad SMARTS) is 2. The van der Waals surface area contributed by atoms with Crippen LogP contribution in [0.25, 0.3) is 0 Å². The van der Waals surface area contributed by atoms with Gasteiger partial charge in [0.2, 0.25) is 59.1 Å². The van der Waals surface area contributed by atoms with E-state index in [9.17, 15) is 111 Å². The second-order valence-electron chi connectivity index (χ2n) is 29.1. The number of methoxy groups -OCH3 is 1. The highest BCUT2D eigenvalue weighted by molar-refractivity contribution is 7.47. The number of amides is 10. The quantitative estimate of drug-likeness (QED) is 0.0136. The molecular weight excluding hydrogens is 1620 g/mol. The summed E-state index contributed by atoms with van der Waals surface area (Å²) < 4.78 is 52.2. The van der Waals surface area contributed by atoms with Gasteiger partial charge in [-0.25, -0.2) is 13.9 Å². The lowest BCUT2D eigenvalue weighted by Gasteiger charge is -2.27. The van der Waals surface area contributed by atoms with Crippen LogP contribution in [0.1, 0.15) is 164 Å². The number of unbranched alkanes of at least 4 members (excludes halogenated alkanes) is 4. The van der Waals surface area contributed by atoms with Gasteiger partial charge >= 0.3 is 33.6 Å². The van der Waals surface area contributed by atoms with Crippen molar-refractivity contribution in [2.75, 3.05) is 7.11 Å². The second kappa shape index (κ2) is 48.5. The Kier molecular flexibility index (Phi) is 40.0. The number of nitrogens with one attached hydrogen (secondary N) is 8. The van der Waals surface area contributed by atoms with Crippen molar-refractivity contribution < 1.29 is 135 Å². The van der Waals surface area contributed by atoms with Crippen LogP contribution in [0.4, 0.5) is 0 Å². The van der Waals surface area contributed by atoms with E-state index in [2.05, 4.69) is 72.2 Å². The van der Waals surface area contributed by atoms with Gasteiger partial charge < -0.3 is 97.7 Å². The van der Waals surface area contributed by atoms with E-state index >= 15 is 0 Å². The third-order valence-electron chi connectivity index (χ3n) is 17.7. The Bertz CT molecular complexity index is 4140. The van der Waals surface area contributed by atoms with Crippen LogP contribution in [0.3, 0.4) is 0 Å². The number of esters is 1. The molecule has 0 aliphatic heterocycles. The summed E-state index contributed by atoms with van der Waals surface area (Å²) in [5.74, 6) is -12.9. The molecule has 5 aromatic rings. The number of primary amides is 2. The molecule has 5 rings (SSSR count). The maximum absolute atomic E-state index is 14.1. The number of nitrogens with zero attached hydrogens (tertiary/aromatic N) is 6. The van der Waals surface area contributed by atoms with Crippen LogP contribution in [-0.2, 0) is 111 Å². The first-order valence-corrected chi connectivity index (χ1v) is 41.2. The monoisotopic (exact) mass is 1730 g/mol. The van der Waals surface area contributed by atoms with E-state index in [0.29, 0.717) is 61.3 Å². The van der Waals surface area contributed by atoms with Crippen molar-refractivity contribution in [3.05, 3.63) is 107 Å². The van der Waals surface area contributed by atoms with Crippen molar-refractivity contribution in [3.8, 4) is 23.0 Å². The fourth-order valence-electron chi connectivity index (χ4n) is 11.8. The van der Waals surface area contributed by atoms with Crippen LogP contribution >= 0.6 is 15.6 Å². The van der Waals surface area contributed by atoms with E-state index in [1.54, 1.807) is 40.1 Å². The average Bonchev–Trinajstić information content (AvgIpc) is 1.74. The highest BCUT2D eigenvalue weighted by Gasteiger charge is 2.37. The van der Waals surface area contributed by atoms with Crippen molar-refractivity contribution in [2.45, 2.75) is 231 Å². The third-order valence-corrected chi connectivity index (χ3v) is 18.6. The molecule has 0 radical (unpaired) electrons. The molecular formula is C74H106N16O28P2. The molecule has 44 nitrogen and oxygen atoms in total. The normalized spacial score (nSPS) is 14.0. The highest BCUT2D eigenvalue weighted by atomic mass is 31.2. The topological polar surface area (TPSA) is 674 Å². The van der Waals surface area contributed by atoms with Crippen LogP contribution in [0, 0.1) is 11.8 Å². The number of carbonyl (C=O) groups excluding carboxylic acids is 11. The Morgan fingerprint density at radius 3 is 1.11 bits per heavy atom. The Hall–Kier alpha value is -11.5. The van der Waals surface area contributed by atoms with Gasteiger partial charge in [-0.05, 0) is 125 Å². The summed E-state index contributed by atoms with van der Waals surface area (Å²) >= 11 is 0. The van der Waals surface area contributed by atoms with E-state index in [1.165, 1.54) is 97.1 Å². The molecule has 0 aliphatic rings. The van der Waals surface area contributed by atoms with Gasteiger partial charge in [0.15, 0.2) is 0 Å². The Morgan fingerprint density at radius 1 is 0.442 bits per heavy atom. The van der Waals surface area contributed by atoms with Gasteiger partial charge in [-0.1, -0.05) is 75.2 Å². The summed E-state index contributed by atoms with van der Waals surface area (Å²) in [4.78, 5) is 207. The van der Waals surface area contributed by atoms with Gasteiger partial charge in [-0.3, -0.25) is 86.5 Å². The third kappa shape index (κ3) is 37.2.